The molecule has 0 saturated heterocycles. The predicted molar refractivity (Wildman–Crippen MR) is 153 cm³/mol. The number of rotatable bonds is 2. The zero-order valence-electron chi connectivity index (χ0n) is 20.4. The molecule has 0 saturated carbocycles. The van der Waals surface area contributed by atoms with Crippen molar-refractivity contribution in [2.24, 2.45) is 0 Å². The second kappa shape index (κ2) is 7.16. The largest absolute Gasteiger partial charge is 0.305 e. The molecule has 0 aliphatic heterocycles. The third-order valence-electron chi connectivity index (χ3n) is 8.17. The molecule has 172 valence electrons. The fourth-order valence-electron chi connectivity index (χ4n) is 7.07. The highest BCUT2D eigenvalue weighted by Gasteiger charge is 2.53. The molecule has 0 radical (unpaired) electrons. The SMILES string of the molecule is CN(C)Cc1cccc2c1C1(c3ccccc3-2)c2ccccc2-c2ccc3sc4ccccc4c3c21. The first-order chi connectivity index (χ1) is 17.7. The Labute approximate surface area is 215 Å². The van der Waals surface area contributed by atoms with Crippen molar-refractivity contribution in [3.63, 3.8) is 0 Å². The molecule has 0 fully saturated rings. The lowest BCUT2D eigenvalue weighted by molar-refractivity contribution is 0.400. The Bertz CT molecular complexity index is 1840. The molecule has 1 atom stereocenters. The summed E-state index contributed by atoms with van der Waals surface area (Å²) in [4.78, 5) is 2.30. The Morgan fingerprint density at radius 1 is 0.583 bits per heavy atom. The minimum atomic E-state index is -0.326. The van der Waals surface area contributed by atoms with Gasteiger partial charge in [-0.2, -0.15) is 0 Å². The second-order valence-corrected chi connectivity index (χ2v) is 11.5. The first kappa shape index (κ1) is 20.5. The van der Waals surface area contributed by atoms with E-state index in [4.69, 9.17) is 0 Å². The number of benzene rings is 5. The number of fused-ring (bicyclic) bond motifs is 14. The summed E-state index contributed by atoms with van der Waals surface area (Å²) in [6.45, 7) is 0.913. The average Bonchev–Trinajstić information content (AvgIpc) is 3.52. The molecule has 2 aliphatic rings. The van der Waals surface area contributed by atoms with Crippen LogP contribution in [0.2, 0.25) is 0 Å². The molecule has 5 aromatic carbocycles. The summed E-state index contributed by atoms with van der Waals surface area (Å²) in [6.07, 6.45) is 0. The van der Waals surface area contributed by atoms with Crippen molar-refractivity contribution in [2.45, 2.75) is 12.0 Å². The minimum absolute atomic E-state index is 0.326. The van der Waals surface area contributed by atoms with Crippen molar-refractivity contribution in [1.82, 2.24) is 4.90 Å². The monoisotopic (exact) mass is 479 g/mol. The van der Waals surface area contributed by atoms with E-state index in [1.54, 1.807) is 0 Å². The van der Waals surface area contributed by atoms with Crippen molar-refractivity contribution < 1.29 is 0 Å². The van der Waals surface area contributed by atoms with Crippen molar-refractivity contribution in [3.05, 3.63) is 131 Å². The molecule has 0 bridgehead atoms. The highest BCUT2D eigenvalue weighted by Crippen LogP contribution is 2.65. The Kier molecular flexibility index (Phi) is 4.07. The smallest absolute Gasteiger partial charge is 0.0735 e. The van der Waals surface area contributed by atoms with E-state index in [2.05, 4.69) is 122 Å². The Morgan fingerprint density at radius 2 is 1.22 bits per heavy atom. The maximum Gasteiger partial charge on any atom is 0.0735 e. The molecule has 0 amide bonds. The summed E-state index contributed by atoms with van der Waals surface area (Å²) < 4.78 is 2.73. The van der Waals surface area contributed by atoms with Gasteiger partial charge >= 0.3 is 0 Å². The van der Waals surface area contributed by atoms with Crippen molar-refractivity contribution >= 4 is 31.5 Å². The van der Waals surface area contributed by atoms with Gasteiger partial charge in [0.1, 0.15) is 0 Å². The van der Waals surface area contributed by atoms with Crippen LogP contribution in [-0.2, 0) is 12.0 Å². The Hall–Kier alpha value is -3.72. The van der Waals surface area contributed by atoms with E-state index in [0.717, 1.165) is 6.54 Å². The molecular formula is C34H25NS. The summed E-state index contributed by atoms with van der Waals surface area (Å²) in [5, 5.41) is 2.80. The van der Waals surface area contributed by atoms with E-state index in [-0.39, 0.29) is 5.41 Å². The summed E-state index contributed by atoms with van der Waals surface area (Å²) in [5.74, 6) is 0. The first-order valence-electron chi connectivity index (χ1n) is 12.6. The summed E-state index contributed by atoms with van der Waals surface area (Å²) in [6, 6.07) is 38.9. The number of hydrogen-bond donors (Lipinski definition) is 0. The van der Waals surface area contributed by atoms with Gasteiger partial charge in [-0.3, -0.25) is 0 Å². The van der Waals surface area contributed by atoms with Gasteiger partial charge in [-0.25, -0.2) is 0 Å². The highest BCUT2D eigenvalue weighted by molar-refractivity contribution is 7.25. The van der Waals surface area contributed by atoms with E-state index >= 15 is 0 Å². The third kappa shape index (κ3) is 2.39. The van der Waals surface area contributed by atoms with Gasteiger partial charge in [0, 0.05) is 26.7 Å². The van der Waals surface area contributed by atoms with Crippen LogP contribution in [0.5, 0.6) is 0 Å². The molecule has 2 heteroatoms. The van der Waals surface area contributed by atoms with Gasteiger partial charge in [0.15, 0.2) is 0 Å². The summed E-state index contributed by atoms with van der Waals surface area (Å²) in [5.41, 5.74) is 12.3. The van der Waals surface area contributed by atoms with Crippen LogP contribution in [0.1, 0.15) is 27.8 Å². The Morgan fingerprint density at radius 3 is 1.97 bits per heavy atom. The molecule has 1 nitrogen and oxygen atoms in total. The van der Waals surface area contributed by atoms with E-state index in [1.807, 2.05) is 11.3 Å². The summed E-state index contributed by atoms with van der Waals surface area (Å²) in [7, 11) is 4.35. The predicted octanol–water partition coefficient (Wildman–Crippen LogP) is 8.46. The molecule has 2 aliphatic carbocycles. The average molecular weight is 480 g/mol. The van der Waals surface area contributed by atoms with Gasteiger partial charge in [0.25, 0.3) is 0 Å². The first-order valence-corrected chi connectivity index (χ1v) is 13.4. The van der Waals surface area contributed by atoms with Crippen LogP contribution in [0.4, 0.5) is 0 Å². The van der Waals surface area contributed by atoms with Gasteiger partial charge in [-0.05, 0) is 76.3 Å². The lowest BCUT2D eigenvalue weighted by Crippen LogP contribution is -2.28. The number of nitrogens with zero attached hydrogens (tertiary/aromatic N) is 1. The van der Waals surface area contributed by atoms with E-state index < -0.39 is 0 Å². The number of thiophene rings is 1. The maximum atomic E-state index is 2.38. The summed E-state index contributed by atoms with van der Waals surface area (Å²) >= 11 is 1.92. The molecule has 36 heavy (non-hydrogen) atoms. The van der Waals surface area contributed by atoms with Crippen LogP contribution in [0.15, 0.2) is 103 Å². The molecule has 1 heterocycles. The minimum Gasteiger partial charge on any atom is -0.305 e. The van der Waals surface area contributed by atoms with E-state index in [1.165, 1.54) is 70.2 Å². The topological polar surface area (TPSA) is 3.24 Å². The maximum absolute atomic E-state index is 2.38. The van der Waals surface area contributed by atoms with Crippen molar-refractivity contribution in [1.29, 1.82) is 0 Å². The quantitative estimate of drug-likeness (QED) is 0.240. The lowest BCUT2D eigenvalue weighted by atomic mass is 9.68. The van der Waals surface area contributed by atoms with Gasteiger partial charge in [0.05, 0.1) is 5.41 Å². The molecule has 1 aromatic heterocycles. The standard InChI is InChI=1S/C34H25NS/c1-35(2)20-21-10-9-14-24-22-11-3-6-15-27(22)34(32(21)24)28-16-7-4-12-23(28)25-18-19-30-31(33(25)34)26-13-5-8-17-29(26)36-30/h3-19H,20H2,1-2H3. The van der Waals surface area contributed by atoms with Crippen LogP contribution in [0.3, 0.4) is 0 Å². The van der Waals surface area contributed by atoms with E-state index in [0.29, 0.717) is 0 Å². The molecule has 1 spiro atoms. The van der Waals surface area contributed by atoms with Gasteiger partial charge in [0.2, 0.25) is 0 Å². The van der Waals surface area contributed by atoms with Gasteiger partial charge in [-0.1, -0.05) is 91.0 Å². The van der Waals surface area contributed by atoms with Gasteiger partial charge < -0.3 is 4.90 Å². The second-order valence-electron chi connectivity index (χ2n) is 10.4. The van der Waals surface area contributed by atoms with Crippen LogP contribution in [0.25, 0.3) is 42.4 Å². The zero-order chi connectivity index (χ0) is 24.0. The molecule has 0 N–H and O–H groups in total. The molecule has 8 rings (SSSR count). The van der Waals surface area contributed by atoms with Crippen molar-refractivity contribution in [2.75, 3.05) is 14.1 Å². The van der Waals surface area contributed by atoms with Gasteiger partial charge in [-0.15, -0.1) is 11.3 Å². The lowest BCUT2D eigenvalue weighted by Gasteiger charge is -2.33. The fourth-order valence-corrected chi connectivity index (χ4v) is 8.18. The fraction of sp³-hybridized carbons (Fsp3) is 0.118. The van der Waals surface area contributed by atoms with Crippen LogP contribution in [0, 0.1) is 0 Å². The highest BCUT2D eigenvalue weighted by atomic mass is 32.1. The third-order valence-corrected chi connectivity index (χ3v) is 9.31. The normalized spacial score (nSPS) is 17.1. The van der Waals surface area contributed by atoms with Crippen LogP contribution in [-0.4, -0.2) is 19.0 Å². The van der Waals surface area contributed by atoms with Crippen molar-refractivity contribution in [3.8, 4) is 22.3 Å². The zero-order valence-corrected chi connectivity index (χ0v) is 21.2. The molecule has 1 unspecified atom stereocenters. The molecule has 6 aromatic rings. The van der Waals surface area contributed by atoms with Crippen LogP contribution >= 0.6 is 11.3 Å². The van der Waals surface area contributed by atoms with Crippen LogP contribution < -0.4 is 0 Å². The Balaban J connectivity index is 1.65. The molecular weight excluding hydrogens is 454 g/mol. The number of hydrogen-bond acceptors (Lipinski definition) is 2. The van der Waals surface area contributed by atoms with E-state index in [9.17, 15) is 0 Å².